The van der Waals surface area contributed by atoms with Gasteiger partial charge in [0.25, 0.3) is 0 Å². The number of hydrogen-bond donors (Lipinski definition) is 2. The van der Waals surface area contributed by atoms with E-state index in [0.29, 0.717) is 22.9 Å². The van der Waals surface area contributed by atoms with E-state index in [-0.39, 0.29) is 10.7 Å². The quantitative estimate of drug-likeness (QED) is 0.474. The molecule has 0 saturated heterocycles. The zero-order chi connectivity index (χ0) is 18.2. The first kappa shape index (κ1) is 18.8. The van der Waals surface area contributed by atoms with E-state index in [9.17, 15) is 9.59 Å². The Morgan fingerprint density at radius 3 is 2.68 bits per heavy atom. The average Bonchev–Trinajstić information content (AvgIpc) is 2.59. The summed E-state index contributed by atoms with van der Waals surface area (Å²) >= 11 is 11.8. The minimum absolute atomic E-state index is 0.236. The molecular weight excluding hydrogens is 365 g/mol. The van der Waals surface area contributed by atoms with Crippen LogP contribution in [0.3, 0.4) is 0 Å². The van der Waals surface area contributed by atoms with Crippen molar-refractivity contribution in [1.29, 1.82) is 0 Å². The number of hydrogen-bond acceptors (Lipinski definition) is 4. The second-order valence-electron chi connectivity index (χ2n) is 4.75. The van der Waals surface area contributed by atoms with Gasteiger partial charge in [-0.3, -0.25) is 9.59 Å². The maximum absolute atomic E-state index is 11.9. The molecule has 8 heteroatoms. The molecule has 2 N–H and O–H groups in total. The summed E-state index contributed by atoms with van der Waals surface area (Å²) in [4.78, 5) is 23.7. The Morgan fingerprint density at radius 2 is 1.92 bits per heavy atom. The van der Waals surface area contributed by atoms with Crippen LogP contribution in [0.5, 0.6) is 5.75 Å². The SMILES string of the molecule is CCOc1ccccc1/C=N/NC(=O)C(=O)Nc1cc(Cl)ccc1Cl. The van der Waals surface area contributed by atoms with Gasteiger partial charge >= 0.3 is 11.8 Å². The number of nitrogens with one attached hydrogen (secondary N) is 2. The molecule has 0 unspecified atom stereocenters. The normalized spacial score (nSPS) is 10.5. The third-order valence-electron chi connectivity index (χ3n) is 2.97. The van der Waals surface area contributed by atoms with Gasteiger partial charge in [-0.25, -0.2) is 5.43 Å². The van der Waals surface area contributed by atoms with Crippen molar-refractivity contribution in [3.63, 3.8) is 0 Å². The number of ether oxygens (including phenoxy) is 1. The minimum atomic E-state index is -0.943. The molecule has 0 aromatic heterocycles. The molecule has 130 valence electrons. The molecule has 0 atom stereocenters. The van der Waals surface area contributed by atoms with Gasteiger partial charge in [-0.2, -0.15) is 5.10 Å². The Morgan fingerprint density at radius 1 is 1.16 bits per heavy atom. The molecule has 0 aliphatic rings. The van der Waals surface area contributed by atoms with Gasteiger partial charge in [-0.1, -0.05) is 35.3 Å². The monoisotopic (exact) mass is 379 g/mol. The van der Waals surface area contributed by atoms with Crippen molar-refractivity contribution < 1.29 is 14.3 Å². The van der Waals surface area contributed by atoms with Crippen LogP contribution in [0.2, 0.25) is 10.0 Å². The van der Waals surface area contributed by atoms with Gasteiger partial charge in [0.2, 0.25) is 0 Å². The van der Waals surface area contributed by atoms with E-state index >= 15 is 0 Å². The number of carbonyl (C=O) groups is 2. The summed E-state index contributed by atoms with van der Waals surface area (Å²) in [7, 11) is 0. The van der Waals surface area contributed by atoms with E-state index in [1.54, 1.807) is 24.3 Å². The Labute approximate surface area is 154 Å². The van der Waals surface area contributed by atoms with Crippen molar-refractivity contribution >= 4 is 46.9 Å². The molecule has 2 amide bonds. The van der Waals surface area contributed by atoms with Crippen LogP contribution in [0.1, 0.15) is 12.5 Å². The van der Waals surface area contributed by atoms with Crippen LogP contribution in [0.15, 0.2) is 47.6 Å². The number of carbonyl (C=O) groups excluding carboxylic acids is 2. The first-order valence-electron chi connectivity index (χ1n) is 7.32. The Hall–Kier alpha value is -2.57. The van der Waals surface area contributed by atoms with Crippen molar-refractivity contribution in [2.24, 2.45) is 5.10 Å². The summed E-state index contributed by atoms with van der Waals surface area (Å²) in [5, 5.41) is 6.77. The average molecular weight is 380 g/mol. The summed E-state index contributed by atoms with van der Waals surface area (Å²) in [6.45, 7) is 2.36. The van der Waals surface area contributed by atoms with Crippen LogP contribution in [0.25, 0.3) is 0 Å². The largest absolute Gasteiger partial charge is 0.493 e. The van der Waals surface area contributed by atoms with Crippen LogP contribution < -0.4 is 15.5 Å². The maximum atomic E-state index is 11.9. The van der Waals surface area contributed by atoms with Crippen molar-refractivity contribution in [2.45, 2.75) is 6.92 Å². The summed E-state index contributed by atoms with van der Waals surface area (Å²) in [6, 6.07) is 11.7. The fraction of sp³-hybridized carbons (Fsp3) is 0.118. The smallest absolute Gasteiger partial charge is 0.329 e. The molecule has 2 aromatic carbocycles. The van der Waals surface area contributed by atoms with Gasteiger partial charge < -0.3 is 10.1 Å². The van der Waals surface area contributed by atoms with Crippen LogP contribution in [-0.4, -0.2) is 24.6 Å². The van der Waals surface area contributed by atoms with Gasteiger partial charge in [0.15, 0.2) is 0 Å². The number of halogens is 2. The molecular formula is C17H15Cl2N3O3. The lowest BCUT2D eigenvalue weighted by Crippen LogP contribution is -2.32. The molecule has 6 nitrogen and oxygen atoms in total. The molecule has 0 aliphatic heterocycles. The number of benzene rings is 2. The van der Waals surface area contributed by atoms with Crippen LogP contribution in [0, 0.1) is 0 Å². The highest BCUT2D eigenvalue weighted by Crippen LogP contribution is 2.25. The first-order chi connectivity index (χ1) is 12.0. The fourth-order valence-electron chi connectivity index (χ4n) is 1.86. The number of hydrazone groups is 1. The maximum Gasteiger partial charge on any atom is 0.329 e. The van der Waals surface area contributed by atoms with E-state index in [1.165, 1.54) is 18.3 Å². The van der Waals surface area contributed by atoms with E-state index < -0.39 is 11.8 Å². The summed E-state index contributed by atoms with van der Waals surface area (Å²) in [6.07, 6.45) is 1.39. The van der Waals surface area contributed by atoms with Gasteiger partial charge in [-0.15, -0.1) is 0 Å². The molecule has 0 spiro atoms. The molecule has 2 rings (SSSR count). The highest BCUT2D eigenvalue weighted by Gasteiger charge is 2.14. The predicted molar refractivity (Wildman–Crippen MR) is 98.4 cm³/mol. The molecule has 0 saturated carbocycles. The molecule has 0 radical (unpaired) electrons. The second kappa shape index (κ2) is 9.05. The molecule has 0 fully saturated rings. The fourth-order valence-corrected chi connectivity index (χ4v) is 2.19. The molecule has 0 bridgehead atoms. The van der Waals surface area contributed by atoms with Gasteiger partial charge in [0.05, 0.1) is 23.5 Å². The highest BCUT2D eigenvalue weighted by atomic mass is 35.5. The minimum Gasteiger partial charge on any atom is -0.493 e. The Balaban J connectivity index is 1.98. The molecule has 2 aromatic rings. The first-order valence-corrected chi connectivity index (χ1v) is 8.08. The number of nitrogens with zero attached hydrogens (tertiary/aromatic N) is 1. The van der Waals surface area contributed by atoms with E-state index in [1.807, 2.05) is 13.0 Å². The van der Waals surface area contributed by atoms with Gasteiger partial charge in [0.1, 0.15) is 5.75 Å². The Kier molecular flexibility index (Phi) is 6.80. The predicted octanol–water partition coefficient (Wildman–Crippen LogP) is 3.48. The number of rotatable bonds is 5. The van der Waals surface area contributed by atoms with Crippen LogP contribution in [-0.2, 0) is 9.59 Å². The van der Waals surface area contributed by atoms with Crippen molar-refractivity contribution in [1.82, 2.24) is 5.43 Å². The number of para-hydroxylation sites is 1. The van der Waals surface area contributed by atoms with Crippen molar-refractivity contribution in [3.8, 4) is 5.75 Å². The van der Waals surface area contributed by atoms with E-state index in [4.69, 9.17) is 27.9 Å². The third kappa shape index (κ3) is 5.48. The lowest BCUT2D eigenvalue weighted by Gasteiger charge is -2.07. The third-order valence-corrected chi connectivity index (χ3v) is 3.54. The van der Waals surface area contributed by atoms with Gasteiger partial charge in [-0.05, 0) is 37.3 Å². The van der Waals surface area contributed by atoms with Crippen LogP contribution in [0.4, 0.5) is 5.69 Å². The van der Waals surface area contributed by atoms with Crippen molar-refractivity contribution in [2.75, 3.05) is 11.9 Å². The summed E-state index contributed by atoms with van der Waals surface area (Å²) in [5.74, 6) is -1.24. The Bertz CT molecular complexity index is 809. The van der Waals surface area contributed by atoms with E-state index in [2.05, 4.69) is 15.8 Å². The number of anilines is 1. The summed E-state index contributed by atoms with van der Waals surface area (Å²) in [5.41, 5.74) is 3.05. The molecule has 0 heterocycles. The van der Waals surface area contributed by atoms with Gasteiger partial charge in [0, 0.05) is 10.6 Å². The zero-order valence-electron chi connectivity index (χ0n) is 13.3. The highest BCUT2D eigenvalue weighted by molar-refractivity contribution is 6.42. The lowest BCUT2D eigenvalue weighted by atomic mass is 10.2. The summed E-state index contributed by atoms with van der Waals surface area (Å²) < 4.78 is 5.43. The molecule has 25 heavy (non-hydrogen) atoms. The second-order valence-corrected chi connectivity index (χ2v) is 5.59. The van der Waals surface area contributed by atoms with Crippen LogP contribution >= 0.6 is 23.2 Å². The lowest BCUT2D eigenvalue weighted by molar-refractivity contribution is -0.136. The topological polar surface area (TPSA) is 79.8 Å². The van der Waals surface area contributed by atoms with Crippen molar-refractivity contribution in [3.05, 3.63) is 58.1 Å². The van der Waals surface area contributed by atoms with E-state index in [0.717, 1.165) is 0 Å². The standard InChI is InChI=1S/C17H15Cl2N3O3/c1-2-25-15-6-4-3-5-11(15)10-20-22-17(24)16(23)21-14-9-12(18)7-8-13(14)19/h3-10H,2H2,1H3,(H,21,23)(H,22,24)/b20-10+. The number of amides is 2. The molecule has 0 aliphatic carbocycles. The zero-order valence-corrected chi connectivity index (χ0v) is 14.8.